The van der Waals surface area contributed by atoms with Crippen LogP contribution in [0.5, 0.6) is 0 Å². The number of benzene rings is 1. The highest BCUT2D eigenvalue weighted by molar-refractivity contribution is 5.86. The summed E-state index contributed by atoms with van der Waals surface area (Å²) in [6.45, 7) is 5.26. The zero-order valence-electron chi connectivity index (χ0n) is 11.3. The summed E-state index contributed by atoms with van der Waals surface area (Å²) in [5, 5.41) is 2.56. The second kappa shape index (κ2) is 6.31. The Kier molecular flexibility index (Phi) is 5.03. The van der Waals surface area contributed by atoms with Gasteiger partial charge in [-0.3, -0.25) is 5.32 Å². The molecule has 0 atom stereocenters. The highest BCUT2D eigenvalue weighted by Gasteiger charge is 2.17. The van der Waals surface area contributed by atoms with Gasteiger partial charge in [0.2, 0.25) is 0 Å². The third-order valence-electron chi connectivity index (χ3n) is 2.23. The highest BCUT2D eigenvalue weighted by Crippen LogP contribution is 2.19. The number of aryl methyl sites for hydroxylation is 1. The van der Waals surface area contributed by atoms with Crippen LogP contribution < -0.4 is 5.32 Å². The van der Waals surface area contributed by atoms with Gasteiger partial charge in [0.1, 0.15) is 17.7 Å². The predicted octanol–water partition coefficient (Wildman–Crippen LogP) is 3.30. The van der Waals surface area contributed by atoms with Gasteiger partial charge < -0.3 is 9.53 Å². The zero-order valence-corrected chi connectivity index (χ0v) is 11.3. The SMILES string of the molecule is CC(C)(C)OC(=O)Nc1ccc(F)cc1CCC=O. The van der Waals surface area contributed by atoms with Crippen LogP contribution >= 0.6 is 0 Å². The molecule has 0 radical (unpaired) electrons. The van der Waals surface area contributed by atoms with Crippen LogP contribution in [0.3, 0.4) is 0 Å². The summed E-state index contributed by atoms with van der Waals surface area (Å²) in [4.78, 5) is 22.0. The van der Waals surface area contributed by atoms with Crippen molar-refractivity contribution in [2.75, 3.05) is 5.32 Å². The van der Waals surface area contributed by atoms with Crippen molar-refractivity contribution in [3.05, 3.63) is 29.6 Å². The molecule has 1 amide bonds. The molecular formula is C14H18FNO3. The Labute approximate surface area is 112 Å². The molecule has 1 N–H and O–H groups in total. The quantitative estimate of drug-likeness (QED) is 0.851. The molecule has 0 aliphatic carbocycles. The van der Waals surface area contributed by atoms with Crippen LogP contribution in [0.1, 0.15) is 32.8 Å². The lowest BCUT2D eigenvalue weighted by Gasteiger charge is -2.20. The van der Waals surface area contributed by atoms with E-state index in [9.17, 15) is 14.0 Å². The van der Waals surface area contributed by atoms with E-state index in [1.165, 1.54) is 18.2 Å². The lowest BCUT2D eigenvalue weighted by atomic mass is 10.1. The lowest BCUT2D eigenvalue weighted by molar-refractivity contribution is -0.107. The summed E-state index contributed by atoms with van der Waals surface area (Å²) >= 11 is 0. The van der Waals surface area contributed by atoms with Crippen molar-refractivity contribution in [2.45, 2.75) is 39.2 Å². The van der Waals surface area contributed by atoms with Gasteiger partial charge in [0.05, 0.1) is 0 Å². The van der Waals surface area contributed by atoms with Crippen LogP contribution in [0, 0.1) is 5.82 Å². The van der Waals surface area contributed by atoms with Gasteiger partial charge in [0, 0.05) is 12.1 Å². The zero-order chi connectivity index (χ0) is 14.5. The first kappa shape index (κ1) is 15.1. The topological polar surface area (TPSA) is 55.4 Å². The predicted molar refractivity (Wildman–Crippen MR) is 70.6 cm³/mol. The molecule has 1 aromatic rings. The van der Waals surface area contributed by atoms with Crippen molar-refractivity contribution < 1.29 is 18.7 Å². The average Bonchev–Trinajstić information content (AvgIpc) is 2.27. The van der Waals surface area contributed by atoms with Gasteiger partial charge >= 0.3 is 6.09 Å². The lowest BCUT2D eigenvalue weighted by Crippen LogP contribution is -2.27. The van der Waals surface area contributed by atoms with E-state index in [2.05, 4.69) is 5.32 Å². The summed E-state index contributed by atoms with van der Waals surface area (Å²) in [7, 11) is 0. The van der Waals surface area contributed by atoms with E-state index < -0.39 is 17.5 Å². The summed E-state index contributed by atoms with van der Waals surface area (Å²) < 4.78 is 18.3. The van der Waals surface area contributed by atoms with E-state index in [1.807, 2.05) is 0 Å². The van der Waals surface area contributed by atoms with Gasteiger partial charge in [0.25, 0.3) is 0 Å². The Morgan fingerprint density at radius 2 is 2.11 bits per heavy atom. The minimum atomic E-state index is -0.605. The maximum atomic E-state index is 13.2. The number of hydrogen-bond acceptors (Lipinski definition) is 3. The largest absolute Gasteiger partial charge is 0.444 e. The number of nitrogens with one attached hydrogen (secondary N) is 1. The van der Waals surface area contributed by atoms with Crippen LogP contribution in [0.4, 0.5) is 14.9 Å². The Bertz CT molecular complexity index is 466. The van der Waals surface area contributed by atoms with E-state index in [0.29, 0.717) is 17.7 Å². The molecule has 0 aliphatic rings. The molecule has 0 bridgehead atoms. The third kappa shape index (κ3) is 5.50. The fourth-order valence-electron chi connectivity index (χ4n) is 1.52. The molecule has 0 fully saturated rings. The number of rotatable bonds is 4. The van der Waals surface area contributed by atoms with Crippen molar-refractivity contribution in [3.8, 4) is 0 Å². The van der Waals surface area contributed by atoms with Gasteiger partial charge in [-0.1, -0.05) is 0 Å². The van der Waals surface area contributed by atoms with E-state index in [4.69, 9.17) is 4.74 Å². The Morgan fingerprint density at radius 1 is 1.42 bits per heavy atom. The molecule has 0 spiro atoms. The van der Waals surface area contributed by atoms with Gasteiger partial charge in [0.15, 0.2) is 0 Å². The Balaban J connectivity index is 2.81. The monoisotopic (exact) mass is 267 g/mol. The molecule has 0 saturated heterocycles. The number of halogens is 1. The van der Waals surface area contributed by atoms with Crippen LogP contribution in [0.25, 0.3) is 0 Å². The number of ether oxygens (including phenoxy) is 1. The second-order valence-corrected chi connectivity index (χ2v) is 5.13. The van der Waals surface area contributed by atoms with Crippen LogP contribution in [0.15, 0.2) is 18.2 Å². The standard InChI is InChI=1S/C14H18FNO3/c1-14(2,3)19-13(18)16-12-7-6-11(15)9-10(12)5-4-8-17/h6-9H,4-5H2,1-3H3,(H,16,18). The molecule has 0 heterocycles. The van der Waals surface area contributed by atoms with E-state index in [-0.39, 0.29) is 6.42 Å². The van der Waals surface area contributed by atoms with Crippen LogP contribution in [0.2, 0.25) is 0 Å². The van der Waals surface area contributed by atoms with Crippen molar-refractivity contribution in [3.63, 3.8) is 0 Å². The fraction of sp³-hybridized carbons (Fsp3) is 0.429. The van der Waals surface area contributed by atoms with Gasteiger partial charge in [-0.15, -0.1) is 0 Å². The van der Waals surface area contributed by atoms with Crippen molar-refractivity contribution >= 4 is 18.1 Å². The van der Waals surface area contributed by atoms with Crippen LogP contribution in [-0.4, -0.2) is 18.0 Å². The number of amides is 1. The first-order chi connectivity index (χ1) is 8.81. The normalized spacial score (nSPS) is 10.9. The fourth-order valence-corrected chi connectivity index (χ4v) is 1.52. The number of anilines is 1. The second-order valence-electron chi connectivity index (χ2n) is 5.13. The number of aldehydes is 1. The minimum absolute atomic E-state index is 0.270. The Morgan fingerprint density at radius 3 is 2.68 bits per heavy atom. The molecule has 1 rings (SSSR count). The number of carbonyl (C=O) groups is 2. The average molecular weight is 267 g/mol. The molecule has 0 aromatic heterocycles. The molecule has 19 heavy (non-hydrogen) atoms. The third-order valence-corrected chi connectivity index (χ3v) is 2.23. The van der Waals surface area contributed by atoms with E-state index >= 15 is 0 Å². The molecule has 0 aliphatic heterocycles. The molecular weight excluding hydrogens is 249 g/mol. The molecule has 0 saturated carbocycles. The van der Waals surface area contributed by atoms with Crippen molar-refractivity contribution in [1.29, 1.82) is 0 Å². The minimum Gasteiger partial charge on any atom is -0.444 e. The molecule has 4 nitrogen and oxygen atoms in total. The highest BCUT2D eigenvalue weighted by atomic mass is 19.1. The van der Waals surface area contributed by atoms with Crippen LogP contribution in [-0.2, 0) is 16.0 Å². The summed E-state index contributed by atoms with van der Waals surface area (Å²) in [5.74, 6) is -0.407. The maximum Gasteiger partial charge on any atom is 0.412 e. The maximum absolute atomic E-state index is 13.2. The molecule has 1 aromatic carbocycles. The number of carbonyl (C=O) groups excluding carboxylic acids is 2. The molecule has 0 unspecified atom stereocenters. The molecule has 5 heteroatoms. The first-order valence-corrected chi connectivity index (χ1v) is 6.04. The molecule has 104 valence electrons. The van der Waals surface area contributed by atoms with Gasteiger partial charge in [-0.05, 0) is 51.0 Å². The van der Waals surface area contributed by atoms with Gasteiger partial charge in [-0.25, -0.2) is 9.18 Å². The first-order valence-electron chi connectivity index (χ1n) is 6.04. The smallest absolute Gasteiger partial charge is 0.412 e. The number of hydrogen-bond donors (Lipinski definition) is 1. The summed E-state index contributed by atoms with van der Waals surface area (Å²) in [6, 6.07) is 4.01. The van der Waals surface area contributed by atoms with E-state index in [0.717, 1.165) is 6.29 Å². The van der Waals surface area contributed by atoms with Crippen molar-refractivity contribution in [2.24, 2.45) is 0 Å². The van der Waals surface area contributed by atoms with Gasteiger partial charge in [-0.2, -0.15) is 0 Å². The Hall–Kier alpha value is -1.91. The summed E-state index contributed by atoms with van der Waals surface area (Å²) in [5.41, 5.74) is 0.419. The van der Waals surface area contributed by atoms with Crippen molar-refractivity contribution in [1.82, 2.24) is 0 Å². The summed E-state index contributed by atoms with van der Waals surface area (Å²) in [6.07, 6.45) is 0.785. The van der Waals surface area contributed by atoms with E-state index in [1.54, 1.807) is 20.8 Å².